The lowest BCUT2D eigenvalue weighted by Crippen LogP contribution is -2.43. The summed E-state index contributed by atoms with van der Waals surface area (Å²) < 4.78 is 0. The smallest absolute Gasteiger partial charge is 0.319 e. The summed E-state index contributed by atoms with van der Waals surface area (Å²) >= 11 is 0. The Morgan fingerprint density at radius 2 is 2.07 bits per heavy atom. The van der Waals surface area contributed by atoms with Crippen LogP contribution >= 0.6 is 0 Å². The molecule has 1 amide bonds. The molecule has 0 spiro atoms. The van der Waals surface area contributed by atoms with Gasteiger partial charge in [-0.3, -0.25) is 14.9 Å². The molecule has 2 atom stereocenters. The number of benzene rings is 1. The molecule has 2 rings (SSSR count). The van der Waals surface area contributed by atoms with Crippen molar-refractivity contribution in [1.82, 2.24) is 0 Å². The number of carbonyl (C=O) groups is 1. The highest BCUT2D eigenvalue weighted by Gasteiger charge is 2.43. The molecule has 0 aromatic heterocycles. The largest absolute Gasteiger partial charge is 0.380 e. The first-order valence-corrected chi connectivity index (χ1v) is 4.32. The van der Waals surface area contributed by atoms with Crippen molar-refractivity contribution in [3.05, 3.63) is 39.9 Å². The van der Waals surface area contributed by atoms with E-state index in [1.165, 1.54) is 0 Å². The molecule has 6 nitrogen and oxygen atoms in total. The van der Waals surface area contributed by atoms with Crippen molar-refractivity contribution in [3.63, 3.8) is 0 Å². The first-order chi connectivity index (χ1) is 7.11. The van der Waals surface area contributed by atoms with E-state index in [9.17, 15) is 20.0 Å². The average Bonchev–Trinajstić information content (AvgIpc) is 2.17. The van der Waals surface area contributed by atoms with Crippen LogP contribution in [-0.4, -0.2) is 22.0 Å². The number of nitro groups is 1. The molecule has 0 aliphatic carbocycles. The molecule has 0 saturated carbocycles. The molecule has 2 N–H and O–H groups in total. The van der Waals surface area contributed by atoms with Gasteiger partial charge < -0.3 is 10.4 Å². The summed E-state index contributed by atoms with van der Waals surface area (Å²) in [4.78, 5) is 21.1. The van der Waals surface area contributed by atoms with Crippen molar-refractivity contribution in [1.29, 1.82) is 0 Å². The predicted octanol–water partition coefficient (Wildman–Crippen LogP) is 0.317. The number of carbonyl (C=O) groups excluding carboxylic acids is 1. The van der Waals surface area contributed by atoms with Crippen LogP contribution in [0.5, 0.6) is 0 Å². The van der Waals surface area contributed by atoms with Crippen molar-refractivity contribution in [2.45, 2.75) is 12.1 Å². The van der Waals surface area contributed by atoms with Crippen molar-refractivity contribution >= 4 is 11.6 Å². The SMILES string of the molecule is O=C1Nc2ccccc2C(O)C1[N+](=O)[O-]. The highest BCUT2D eigenvalue weighted by atomic mass is 16.6. The third-order valence-electron chi connectivity index (χ3n) is 2.33. The lowest BCUT2D eigenvalue weighted by molar-refractivity contribution is -0.520. The number of nitrogens with zero attached hydrogens (tertiary/aromatic N) is 1. The Morgan fingerprint density at radius 3 is 2.73 bits per heavy atom. The van der Waals surface area contributed by atoms with Crippen LogP contribution in [0.25, 0.3) is 0 Å². The zero-order valence-electron chi connectivity index (χ0n) is 7.58. The van der Waals surface area contributed by atoms with E-state index in [0.717, 1.165) is 0 Å². The van der Waals surface area contributed by atoms with Gasteiger partial charge in [0, 0.05) is 16.2 Å². The Kier molecular flexibility index (Phi) is 2.12. The minimum absolute atomic E-state index is 0.374. The molecular formula is C9H8N2O4. The van der Waals surface area contributed by atoms with Gasteiger partial charge in [0.15, 0.2) is 6.10 Å². The van der Waals surface area contributed by atoms with E-state index >= 15 is 0 Å². The fraction of sp³-hybridized carbons (Fsp3) is 0.222. The highest BCUT2D eigenvalue weighted by molar-refractivity contribution is 5.97. The van der Waals surface area contributed by atoms with Crippen LogP contribution in [-0.2, 0) is 4.79 Å². The molecule has 6 heteroatoms. The van der Waals surface area contributed by atoms with E-state index in [2.05, 4.69) is 5.32 Å². The minimum Gasteiger partial charge on any atom is -0.380 e. The van der Waals surface area contributed by atoms with Crippen molar-refractivity contribution in [2.75, 3.05) is 5.32 Å². The first kappa shape index (κ1) is 9.60. The van der Waals surface area contributed by atoms with Gasteiger partial charge in [0.1, 0.15) is 0 Å². The fourth-order valence-corrected chi connectivity index (χ4v) is 1.60. The number of rotatable bonds is 1. The quantitative estimate of drug-likeness (QED) is 0.513. The van der Waals surface area contributed by atoms with E-state index in [-0.39, 0.29) is 0 Å². The number of fused-ring (bicyclic) bond motifs is 1. The standard InChI is InChI=1S/C9H8N2O4/c12-8-5-3-1-2-4-6(5)10-9(13)7(8)11(14)15/h1-4,7-8,12H,(H,10,13). The molecule has 2 unspecified atom stereocenters. The van der Waals surface area contributed by atoms with Crippen molar-refractivity contribution in [2.24, 2.45) is 0 Å². The lowest BCUT2D eigenvalue weighted by atomic mass is 9.96. The van der Waals surface area contributed by atoms with Gasteiger partial charge in [0.25, 0.3) is 0 Å². The summed E-state index contributed by atoms with van der Waals surface area (Å²) in [5.41, 5.74) is 0.798. The van der Waals surface area contributed by atoms with Crippen LogP contribution in [0.4, 0.5) is 5.69 Å². The van der Waals surface area contributed by atoms with E-state index < -0.39 is 23.0 Å². The van der Waals surface area contributed by atoms with Gasteiger partial charge in [-0.2, -0.15) is 0 Å². The lowest BCUT2D eigenvalue weighted by Gasteiger charge is -2.23. The summed E-state index contributed by atoms with van der Waals surface area (Å²) in [7, 11) is 0. The molecule has 1 aliphatic rings. The topological polar surface area (TPSA) is 92.5 Å². The van der Waals surface area contributed by atoms with Crippen LogP contribution in [0.2, 0.25) is 0 Å². The maximum Gasteiger partial charge on any atom is 0.319 e. The van der Waals surface area contributed by atoms with Gasteiger partial charge in [-0.05, 0) is 6.07 Å². The van der Waals surface area contributed by atoms with Crippen LogP contribution in [0.3, 0.4) is 0 Å². The monoisotopic (exact) mass is 208 g/mol. The highest BCUT2D eigenvalue weighted by Crippen LogP contribution is 2.31. The Morgan fingerprint density at radius 1 is 1.40 bits per heavy atom. The second kappa shape index (κ2) is 3.32. The molecule has 15 heavy (non-hydrogen) atoms. The van der Waals surface area contributed by atoms with Gasteiger partial charge >= 0.3 is 11.9 Å². The summed E-state index contributed by atoms with van der Waals surface area (Å²) in [6.07, 6.45) is -1.38. The number of aliphatic hydroxyl groups excluding tert-OH is 1. The molecule has 0 radical (unpaired) electrons. The number of para-hydroxylation sites is 1. The maximum absolute atomic E-state index is 11.3. The molecule has 78 valence electrons. The van der Waals surface area contributed by atoms with Gasteiger partial charge in [0.05, 0.1) is 0 Å². The van der Waals surface area contributed by atoms with E-state index in [1.807, 2.05) is 0 Å². The van der Waals surface area contributed by atoms with Gasteiger partial charge in [-0.15, -0.1) is 0 Å². The minimum atomic E-state index is -1.63. The zero-order chi connectivity index (χ0) is 11.0. The molecule has 1 aromatic carbocycles. The Balaban J connectivity index is 2.47. The number of anilines is 1. The summed E-state index contributed by atoms with van der Waals surface area (Å²) in [5, 5.41) is 22.6. The molecule has 0 fully saturated rings. The second-order valence-electron chi connectivity index (χ2n) is 3.25. The van der Waals surface area contributed by atoms with Crippen LogP contribution < -0.4 is 5.32 Å². The molecule has 0 bridgehead atoms. The summed E-state index contributed by atoms with van der Waals surface area (Å²) in [6, 6.07) is 4.84. The number of hydrogen-bond acceptors (Lipinski definition) is 4. The van der Waals surface area contributed by atoms with E-state index in [4.69, 9.17) is 0 Å². The molecule has 0 saturated heterocycles. The summed E-state index contributed by atoms with van der Waals surface area (Å²) in [6.45, 7) is 0. The van der Waals surface area contributed by atoms with Gasteiger partial charge in [-0.25, -0.2) is 0 Å². The van der Waals surface area contributed by atoms with E-state index in [0.29, 0.717) is 11.3 Å². The molecule has 1 heterocycles. The first-order valence-electron chi connectivity index (χ1n) is 4.32. The Labute approximate surface area is 84.7 Å². The average molecular weight is 208 g/mol. The zero-order valence-corrected chi connectivity index (χ0v) is 7.58. The van der Waals surface area contributed by atoms with Crippen molar-refractivity contribution in [3.8, 4) is 0 Å². The third-order valence-corrected chi connectivity index (χ3v) is 2.33. The van der Waals surface area contributed by atoms with Gasteiger partial charge in [0.2, 0.25) is 0 Å². The third kappa shape index (κ3) is 1.44. The number of hydrogen-bond donors (Lipinski definition) is 2. The molecular weight excluding hydrogens is 200 g/mol. The number of nitrogens with one attached hydrogen (secondary N) is 1. The van der Waals surface area contributed by atoms with Crippen LogP contribution in [0.15, 0.2) is 24.3 Å². The van der Waals surface area contributed by atoms with E-state index in [1.54, 1.807) is 24.3 Å². The number of aliphatic hydroxyl groups is 1. The Bertz CT molecular complexity index is 432. The molecule has 1 aromatic rings. The predicted molar refractivity (Wildman–Crippen MR) is 50.8 cm³/mol. The maximum atomic E-state index is 11.3. The van der Waals surface area contributed by atoms with Gasteiger partial charge in [-0.1, -0.05) is 18.2 Å². The second-order valence-corrected chi connectivity index (χ2v) is 3.25. The van der Waals surface area contributed by atoms with Crippen LogP contribution in [0.1, 0.15) is 11.7 Å². The molecule has 1 aliphatic heterocycles. The normalized spacial score (nSPS) is 24.2. The Hall–Kier alpha value is -1.95. The van der Waals surface area contributed by atoms with Crippen molar-refractivity contribution < 1.29 is 14.8 Å². The van der Waals surface area contributed by atoms with Crippen LogP contribution in [0, 0.1) is 10.1 Å². The fourth-order valence-electron chi connectivity index (χ4n) is 1.60. The summed E-state index contributed by atoms with van der Waals surface area (Å²) in [5.74, 6) is -0.786. The number of amides is 1.